The second kappa shape index (κ2) is 4.11. The van der Waals surface area contributed by atoms with Crippen LogP contribution in [0, 0.1) is 0 Å². The Bertz CT molecular complexity index is 845. The van der Waals surface area contributed by atoms with Crippen molar-refractivity contribution in [3.63, 3.8) is 0 Å². The van der Waals surface area contributed by atoms with Crippen LogP contribution >= 0.6 is 0 Å². The molecule has 0 bridgehead atoms. The predicted molar refractivity (Wildman–Crippen MR) is 90.6 cm³/mol. The van der Waals surface area contributed by atoms with Crippen LogP contribution in [0.25, 0.3) is 10.8 Å². The summed E-state index contributed by atoms with van der Waals surface area (Å²) < 4.78 is 0. The molecule has 0 saturated carbocycles. The molecular weight excluding hydrogens is 254 g/mol. The maximum Gasteiger partial charge on any atom is 0.0456 e. The number of nitrogens with zero attached hydrogens (tertiary/aromatic N) is 1. The zero-order valence-electron chi connectivity index (χ0n) is 12.7. The molecule has 0 aliphatic carbocycles. The van der Waals surface area contributed by atoms with Gasteiger partial charge in [0.2, 0.25) is 0 Å². The molecule has 0 spiro atoms. The van der Waals surface area contributed by atoms with Gasteiger partial charge in [0, 0.05) is 23.8 Å². The highest BCUT2D eigenvalue weighted by molar-refractivity contribution is 5.91. The first-order chi connectivity index (χ1) is 10.1. The molecule has 3 aromatic carbocycles. The lowest BCUT2D eigenvalue weighted by Gasteiger charge is -2.40. The number of hydrogen-bond donors (Lipinski definition) is 0. The Morgan fingerprint density at radius 1 is 0.714 bits per heavy atom. The highest BCUT2D eigenvalue weighted by Gasteiger charge is 2.34. The fourth-order valence-corrected chi connectivity index (χ4v) is 3.58. The molecule has 0 saturated heterocycles. The fraction of sp³-hybridized carbons (Fsp3) is 0.200. The molecule has 104 valence electrons. The number of fused-ring (bicyclic) bond motifs is 3. The lowest BCUT2D eigenvalue weighted by Crippen LogP contribution is -2.30. The molecule has 0 aromatic heterocycles. The Morgan fingerprint density at radius 2 is 1.33 bits per heavy atom. The van der Waals surface area contributed by atoms with Crippen LogP contribution in [0.4, 0.5) is 11.4 Å². The van der Waals surface area contributed by atoms with Crippen LogP contribution in [0.15, 0.2) is 60.7 Å². The van der Waals surface area contributed by atoms with Crippen molar-refractivity contribution < 1.29 is 0 Å². The van der Waals surface area contributed by atoms with E-state index in [1.807, 2.05) is 0 Å². The minimum absolute atomic E-state index is 0.0302. The largest absolute Gasteiger partial charge is 0.344 e. The Labute approximate surface area is 125 Å². The average Bonchev–Trinajstić information content (AvgIpc) is 2.52. The van der Waals surface area contributed by atoms with Gasteiger partial charge in [-0.1, -0.05) is 56.3 Å². The van der Waals surface area contributed by atoms with Gasteiger partial charge in [0.05, 0.1) is 0 Å². The zero-order valence-corrected chi connectivity index (χ0v) is 12.7. The standard InChI is InChI=1S/C20H19N/c1-20(2)16-10-6-7-11-18(16)21(3)19-13-15-9-5-4-8-14(15)12-17(19)20/h4-13H,1-3H3. The van der Waals surface area contributed by atoms with Crippen LogP contribution < -0.4 is 4.90 Å². The lowest BCUT2D eigenvalue weighted by atomic mass is 9.73. The third-order valence-corrected chi connectivity index (χ3v) is 4.84. The quantitative estimate of drug-likeness (QED) is 0.541. The summed E-state index contributed by atoms with van der Waals surface area (Å²) in [6.45, 7) is 4.65. The van der Waals surface area contributed by atoms with Crippen LogP contribution in [0.5, 0.6) is 0 Å². The molecule has 1 heterocycles. The maximum absolute atomic E-state index is 2.36. The topological polar surface area (TPSA) is 3.24 Å². The molecule has 0 N–H and O–H groups in total. The smallest absolute Gasteiger partial charge is 0.0456 e. The fourth-order valence-electron chi connectivity index (χ4n) is 3.58. The van der Waals surface area contributed by atoms with Crippen molar-refractivity contribution in [2.45, 2.75) is 19.3 Å². The first kappa shape index (κ1) is 12.5. The molecule has 4 rings (SSSR count). The first-order valence-corrected chi connectivity index (χ1v) is 7.45. The first-order valence-electron chi connectivity index (χ1n) is 7.45. The van der Waals surface area contributed by atoms with Crippen LogP contribution in [-0.2, 0) is 5.41 Å². The van der Waals surface area contributed by atoms with Gasteiger partial charge in [-0.3, -0.25) is 0 Å². The average molecular weight is 273 g/mol. The summed E-state index contributed by atoms with van der Waals surface area (Å²) >= 11 is 0. The van der Waals surface area contributed by atoms with E-state index in [9.17, 15) is 0 Å². The number of rotatable bonds is 0. The SMILES string of the molecule is CN1c2ccccc2C(C)(C)c2cc3ccccc3cc21. The molecule has 0 atom stereocenters. The highest BCUT2D eigenvalue weighted by Crippen LogP contribution is 2.49. The summed E-state index contributed by atoms with van der Waals surface area (Å²) in [5, 5.41) is 2.62. The summed E-state index contributed by atoms with van der Waals surface area (Å²) in [5.74, 6) is 0. The van der Waals surface area contributed by atoms with E-state index < -0.39 is 0 Å². The van der Waals surface area contributed by atoms with E-state index in [0.717, 1.165) is 0 Å². The van der Waals surface area contributed by atoms with Gasteiger partial charge in [0.1, 0.15) is 0 Å². The van der Waals surface area contributed by atoms with E-state index in [4.69, 9.17) is 0 Å². The van der Waals surface area contributed by atoms with Crippen molar-refractivity contribution in [1.82, 2.24) is 0 Å². The van der Waals surface area contributed by atoms with E-state index >= 15 is 0 Å². The van der Waals surface area contributed by atoms with E-state index in [-0.39, 0.29) is 5.41 Å². The van der Waals surface area contributed by atoms with Gasteiger partial charge in [-0.05, 0) is 40.1 Å². The molecule has 1 heteroatoms. The Kier molecular flexibility index (Phi) is 2.44. The molecule has 1 aliphatic rings. The van der Waals surface area contributed by atoms with Gasteiger partial charge >= 0.3 is 0 Å². The molecule has 21 heavy (non-hydrogen) atoms. The van der Waals surface area contributed by atoms with Crippen molar-refractivity contribution in [1.29, 1.82) is 0 Å². The molecule has 0 unspecified atom stereocenters. The molecule has 1 nitrogen and oxygen atoms in total. The second-order valence-electron chi connectivity index (χ2n) is 6.42. The summed E-state index contributed by atoms with van der Waals surface area (Å²) in [7, 11) is 2.17. The third kappa shape index (κ3) is 1.64. The Morgan fingerprint density at radius 3 is 2.10 bits per heavy atom. The Balaban J connectivity index is 2.08. The lowest BCUT2D eigenvalue weighted by molar-refractivity contribution is 0.630. The predicted octanol–water partition coefficient (Wildman–Crippen LogP) is 5.25. The summed E-state index contributed by atoms with van der Waals surface area (Å²) in [6, 6.07) is 22.0. The van der Waals surface area contributed by atoms with Gasteiger partial charge in [-0.15, -0.1) is 0 Å². The van der Waals surface area contributed by atoms with E-state index in [1.54, 1.807) is 0 Å². The van der Waals surface area contributed by atoms with Crippen LogP contribution in [0.3, 0.4) is 0 Å². The number of anilines is 2. The van der Waals surface area contributed by atoms with Crippen molar-refractivity contribution in [3.05, 3.63) is 71.8 Å². The highest BCUT2D eigenvalue weighted by atomic mass is 15.1. The monoisotopic (exact) mass is 273 g/mol. The van der Waals surface area contributed by atoms with Gasteiger partial charge < -0.3 is 4.90 Å². The number of para-hydroxylation sites is 1. The molecule has 0 radical (unpaired) electrons. The van der Waals surface area contributed by atoms with Crippen molar-refractivity contribution in [3.8, 4) is 0 Å². The molecule has 1 aliphatic heterocycles. The van der Waals surface area contributed by atoms with Gasteiger partial charge in [-0.2, -0.15) is 0 Å². The van der Waals surface area contributed by atoms with Crippen molar-refractivity contribution >= 4 is 22.1 Å². The van der Waals surface area contributed by atoms with Gasteiger partial charge in [-0.25, -0.2) is 0 Å². The molecule has 0 fully saturated rings. The summed E-state index contributed by atoms with van der Waals surface area (Å²) in [5.41, 5.74) is 5.46. The normalized spacial score (nSPS) is 15.7. The van der Waals surface area contributed by atoms with Crippen LogP contribution in [0.2, 0.25) is 0 Å². The van der Waals surface area contributed by atoms with Crippen LogP contribution in [0.1, 0.15) is 25.0 Å². The van der Waals surface area contributed by atoms with Crippen molar-refractivity contribution in [2.75, 3.05) is 11.9 Å². The zero-order chi connectivity index (χ0) is 14.6. The van der Waals surface area contributed by atoms with E-state index in [0.29, 0.717) is 0 Å². The Hall–Kier alpha value is -2.28. The van der Waals surface area contributed by atoms with E-state index in [2.05, 4.69) is 86.5 Å². The minimum Gasteiger partial charge on any atom is -0.344 e. The van der Waals surface area contributed by atoms with Gasteiger partial charge in [0.25, 0.3) is 0 Å². The molecular formula is C20H19N. The third-order valence-electron chi connectivity index (χ3n) is 4.84. The minimum atomic E-state index is 0.0302. The van der Waals surface area contributed by atoms with E-state index in [1.165, 1.54) is 33.3 Å². The second-order valence-corrected chi connectivity index (χ2v) is 6.42. The number of benzene rings is 3. The van der Waals surface area contributed by atoms with Gasteiger partial charge in [0.15, 0.2) is 0 Å². The molecule has 0 amide bonds. The summed E-state index contributed by atoms with van der Waals surface area (Å²) in [4.78, 5) is 2.32. The van der Waals surface area contributed by atoms with Crippen molar-refractivity contribution in [2.24, 2.45) is 0 Å². The van der Waals surface area contributed by atoms with Crippen LogP contribution in [-0.4, -0.2) is 7.05 Å². The molecule has 3 aromatic rings. The maximum atomic E-state index is 2.36. The summed E-state index contributed by atoms with van der Waals surface area (Å²) in [6.07, 6.45) is 0. The number of hydrogen-bond acceptors (Lipinski definition) is 1.